The van der Waals surface area contributed by atoms with E-state index in [0.29, 0.717) is 11.3 Å². The summed E-state index contributed by atoms with van der Waals surface area (Å²) < 4.78 is 0. The summed E-state index contributed by atoms with van der Waals surface area (Å²) >= 11 is 3.43. The number of nitriles is 1. The van der Waals surface area contributed by atoms with Crippen molar-refractivity contribution >= 4 is 52.0 Å². The van der Waals surface area contributed by atoms with Crippen molar-refractivity contribution in [2.45, 2.75) is 9.79 Å². The maximum Gasteiger partial charge on any atom is 0.189 e. The van der Waals surface area contributed by atoms with Crippen LogP contribution in [0.25, 0.3) is 27.1 Å². The third-order valence-corrected chi connectivity index (χ3v) is 10.5. The minimum absolute atomic E-state index is 0.597. The van der Waals surface area contributed by atoms with Crippen LogP contribution < -0.4 is 9.80 Å². The van der Waals surface area contributed by atoms with Gasteiger partial charge in [0, 0.05) is 20.9 Å². The number of nitrogens with zero attached hydrogens (tertiary/aromatic N) is 4. The van der Waals surface area contributed by atoms with E-state index in [0.717, 1.165) is 64.9 Å². The molecule has 0 radical (unpaired) electrons. The van der Waals surface area contributed by atoms with Gasteiger partial charge < -0.3 is 9.80 Å². The second kappa shape index (κ2) is 11.7. The molecule has 0 N–H and O–H groups in total. The van der Waals surface area contributed by atoms with Crippen molar-refractivity contribution in [1.82, 2.24) is 0 Å². The van der Waals surface area contributed by atoms with E-state index in [4.69, 9.17) is 6.57 Å². The monoisotopic (exact) mass is 624 g/mol. The number of hydrogen-bond acceptors (Lipinski definition) is 5. The van der Waals surface area contributed by atoms with Crippen molar-refractivity contribution in [3.05, 3.63) is 173 Å². The first-order chi connectivity index (χ1) is 22.7. The number of para-hydroxylation sites is 2. The van der Waals surface area contributed by atoms with Crippen molar-refractivity contribution in [3.63, 3.8) is 0 Å². The summed E-state index contributed by atoms with van der Waals surface area (Å²) in [5, 5.41) is 12.0. The fourth-order valence-corrected chi connectivity index (χ4v) is 8.40. The van der Waals surface area contributed by atoms with Gasteiger partial charge in [-0.1, -0.05) is 133 Å². The average Bonchev–Trinajstić information content (AvgIpc) is 3.70. The van der Waals surface area contributed by atoms with Gasteiger partial charge in [-0.15, -0.1) is 0 Å². The molecule has 46 heavy (non-hydrogen) atoms. The lowest BCUT2D eigenvalue weighted by molar-refractivity contribution is 1.19. The Morgan fingerprint density at radius 2 is 1.00 bits per heavy atom. The van der Waals surface area contributed by atoms with Gasteiger partial charge in [0.2, 0.25) is 0 Å². The Morgan fingerprint density at radius 3 is 1.52 bits per heavy atom. The van der Waals surface area contributed by atoms with Gasteiger partial charge in [0.25, 0.3) is 0 Å². The van der Waals surface area contributed by atoms with Crippen molar-refractivity contribution in [3.8, 4) is 28.3 Å². The Labute approximate surface area is 276 Å². The minimum atomic E-state index is 0.597. The molecule has 0 fully saturated rings. The smallest absolute Gasteiger partial charge is 0.189 e. The molecule has 4 nitrogen and oxygen atoms in total. The highest BCUT2D eigenvalue weighted by molar-refractivity contribution is 8.07. The summed E-state index contributed by atoms with van der Waals surface area (Å²) in [7, 11) is 0. The van der Waals surface area contributed by atoms with Gasteiger partial charge in [-0.3, -0.25) is 0 Å². The van der Waals surface area contributed by atoms with Gasteiger partial charge in [-0.2, -0.15) is 5.26 Å². The lowest BCUT2D eigenvalue weighted by Crippen LogP contribution is -2.19. The minimum Gasteiger partial charge on any atom is -0.302 e. The van der Waals surface area contributed by atoms with Gasteiger partial charge in [0.15, 0.2) is 5.69 Å². The fourth-order valence-electron chi connectivity index (χ4n) is 6.02. The average molecular weight is 625 g/mol. The number of anilines is 4. The van der Waals surface area contributed by atoms with Gasteiger partial charge in [-0.05, 0) is 47.5 Å². The molecule has 6 aromatic rings. The van der Waals surface area contributed by atoms with Gasteiger partial charge in [0.05, 0.1) is 41.0 Å². The number of benzene rings is 6. The third-order valence-electron chi connectivity index (χ3n) is 8.10. The van der Waals surface area contributed by atoms with Gasteiger partial charge in [-0.25, -0.2) is 4.85 Å². The lowest BCUT2D eigenvalue weighted by atomic mass is 10.0. The van der Waals surface area contributed by atoms with E-state index in [1.807, 2.05) is 36.4 Å². The van der Waals surface area contributed by atoms with Crippen LogP contribution in [0.15, 0.2) is 165 Å². The predicted molar refractivity (Wildman–Crippen MR) is 191 cm³/mol. The van der Waals surface area contributed by atoms with Crippen LogP contribution >= 0.6 is 23.5 Å². The molecule has 6 aromatic carbocycles. The largest absolute Gasteiger partial charge is 0.302 e. The van der Waals surface area contributed by atoms with E-state index in [1.165, 1.54) is 0 Å². The van der Waals surface area contributed by atoms with Crippen molar-refractivity contribution in [1.29, 1.82) is 5.26 Å². The zero-order valence-corrected chi connectivity index (χ0v) is 26.1. The van der Waals surface area contributed by atoms with Gasteiger partial charge in [0.1, 0.15) is 10.1 Å². The van der Waals surface area contributed by atoms with Crippen LogP contribution in [0.4, 0.5) is 28.4 Å². The lowest BCUT2D eigenvalue weighted by Gasteiger charge is -2.29. The van der Waals surface area contributed by atoms with E-state index < -0.39 is 0 Å². The number of rotatable bonds is 4. The first-order valence-electron chi connectivity index (χ1n) is 14.8. The SMILES string of the molecule is [C-]#[N+]c1ccc2c(c1)N(c1ccccc1-c1ccccc1)/C(=C1\Sc3ccc(C#N)cc3N1c1ccccc1-c1ccccc1)S2. The predicted octanol–water partition coefficient (Wildman–Crippen LogP) is 11.8. The third kappa shape index (κ3) is 4.73. The molecule has 0 atom stereocenters. The first-order valence-corrected chi connectivity index (χ1v) is 16.4. The second-order valence-electron chi connectivity index (χ2n) is 10.8. The molecule has 2 aliphatic heterocycles. The van der Waals surface area contributed by atoms with Crippen LogP contribution in [0.2, 0.25) is 0 Å². The molecule has 0 amide bonds. The fraction of sp³-hybridized carbons (Fsp3) is 0. The highest BCUT2D eigenvalue weighted by Gasteiger charge is 2.38. The molecule has 6 heteroatoms. The molecular weight excluding hydrogens is 601 g/mol. The Bertz CT molecular complexity index is 2090. The molecule has 0 saturated heterocycles. The topological polar surface area (TPSA) is 34.6 Å². The summed E-state index contributed by atoms with van der Waals surface area (Å²) in [6.45, 7) is 7.80. The quantitative estimate of drug-likeness (QED) is 0.182. The second-order valence-corrected chi connectivity index (χ2v) is 12.9. The van der Waals surface area contributed by atoms with Gasteiger partial charge >= 0.3 is 0 Å². The van der Waals surface area contributed by atoms with E-state index >= 15 is 0 Å². The van der Waals surface area contributed by atoms with Crippen molar-refractivity contribution < 1.29 is 0 Å². The van der Waals surface area contributed by atoms with Crippen LogP contribution in [-0.4, -0.2) is 0 Å². The van der Waals surface area contributed by atoms with E-state index in [9.17, 15) is 5.26 Å². The van der Waals surface area contributed by atoms with Crippen LogP contribution in [0.5, 0.6) is 0 Å². The van der Waals surface area contributed by atoms with Crippen molar-refractivity contribution in [2.24, 2.45) is 0 Å². The molecule has 0 saturated carbocycles. The van der Waals surface area contributed by atoms with Crippen LogP contribution in [0.1, 0.15) is 5.56 Å². The number of thioether (sulfide) groups is 2. The summed E-state index contributed by atoms with van der Waals surface area (Å²) in [5.41, 5.74) is 9.68. The molecule has 0 spiro atoms. The standard InChI is InChI=1S/C40H24N4S2/c1-42-30-21-23-38-36(25-30)44(34-19-11-9-17-32(34)29-14-6-3-7-15-29)40(46-38)39-43(35-24-27(26-41)20-22-37(35)45-39)33-18-10-8-16-31(33)28-12-4-2-5-13-28/h2-25H/b40-39+. The molecule has 2 heterocycles. The summed E-state index contributed by atoms with van der Waals surface area (Å²) in [6.07, 6.45) is 0. The number of fused-ring (bicyclic) bond motifs is 2. The molecule has 0 aliphatic carbocycles. The Hall–Kier alpha value is -5.66. The summed E-state index contributed by atoms with van der Waals surface area (Å²) in [6, 6.07) is 52.0. The normalized spacial score (nSPS) is 14.8. The maximum atomic E-state index is 9.91. The molecule has 216 valence electrons. The zero-order valence-electron chi connectivity index (χ0n) is 24.5. The highest BCUT2D eigenvalue weighted by atomic mass is 32.2. The van der Waals surface area contributed by atoms with E-state index in [2.05, 4.69) is 130 Å². The molecule has 2 aliphatic rings. The Balaban J connectivity index is 1.41. The van der Waals surface area contributed by atoms with Crippen molar-refractivity contribution in [2.75, 3.05) is 9.80 Å². The maximum absolute atomic E-state index is 9.91. The molecule has 8 rings (SSSR count). The summed E-state index contributed by atoms with van der Waals surface area (Å²) in [4.78, 5) is 10.6. The van der Waals surface area contributed by atoms with Crippen LogP contribution in [0, 0.1) is 17.9 Å². The zero-order chi connectivity index (χ0) is 31.0. The van der Waals surface area contributed by atoms with Crippen LogP contribution in [0.3, 0.4) is 0 Å². The molecule has 0 bridgehead atoms. The Kier molecular flexibility index (Phi) is 7.08. The summed E-state index contributed by atoms with van der Waals surface area (Å²) in [5.74, 6) is 0. The van der Waals surface area contributed by atoms with E-state index in [1.54, 1.807) is 23.5 Å². The molecule has 0 unspecified atom stereocenters. The highest BCUT2D eigenvalue weighted by Crippen LogP contribution is 2.60. The molecule has 0 aromatic heterocycles. The number of hydrogen-bond donors (Lipinski definition) is 0. The first kappa shape index (κ1) is 27.9. The van der Waals surface area contributed by atoms with Crippen LogP contribution in [-0.2, 0) is 0 Å². The van der Waals surface area contributed by atoms with E-state index in [-0.39, 0.29) is 0 Å². The molecular formula is C40H24N4S2. The Morgan fingerprint density at radius 1 is 0.522 bits per heavy atom.